The number of hydrogen-bond acceptors (Lipinski definition) is 3. The molecule has 19 heavy (non-hydrogen) atoms. The first-order valence-corrected chi connectivity index (χ1v) is 6.70. The summed E-state index contributed by atoms with van der Waals surface area (Å²) in [5.41, 5.74) is 4.85. The first-order chi connectivity index (χ1) is 8.69. The molecule has 2 unspecified atom stereocenters. The average Bonchev–Trinajstić information content (AvgIpc) is 2.27. The van der Waals surface area contributed by atoms with Crippen LogP contribution < -0.4 is 5.73 Å². The highest BCUT2D eigenvalue weighted by Crippen LogP contribution is 2.23. The van der Waals surface area contributed by atoms with Crippen molar-refractivity contribution >= 4 is 6.09 Å². The molecule has 1 heterocycles. The highest BCUT2D eigenvalue weighted by atomic mass is 19.3. The minimum Gasteiger partial charge on any atom is -0.444 e. The Morgan fingerprint density at radius 1 is 1.47 bits per heavy atom. The SMILES string of the molecule is CC(C)(C)OC(=O)N1CCCC(CC(N)C(F)F)C1. The van der Waals surface area contributed by atoms with Crippen LogP contribution in [0.15, 0.2) is 0 Å². The van der Waals surface area contributed by atoms with Gasteiger partial charge in [0.05, 0.1) is 6.04 Å². The van der Waals surface area contributed by atoms with Gasteiger partial charge in [0.25, 0.3) is 6.43 Å². The van der Waals surface area contributed by atoms with E-state index in [1.54, 1.807) is 25.7 Å². The van der Waals surface area contributed by atoms with Gasteiger partial charge in [0.2, 0.25) is 0 Å². The van der Waals surface area contributed by atoms with Crippen molar-refractivity contribution in [3.8, 4) is 0 Å². The maximum absolute atomic E-state index is 12.4. The molecule has 0 saturated carbocycles. The van der Waals surface area contributed by atoms with Crippen LogP contribution in [-0.2, 0) is 4.74 Å². The summed E-state index contributed by atoms with van der Waals surface area (Å²) >= 11 is 0. The molecule has 6 heteroatoms. The van der Waals surface area contributed by atoms with Gasteiger partial charge in [0.15, 0.2) is 0 Å². The second-order valence-corrected chi connectivity index (χ2v) is 6.17. The van der Waals surface area contributed by atoms with Crippen LogP contribution in [0.5, 0.6) is 0 Å². The van der Waals surface area contributed by atoms with Crippen LogP contribution in [0.2, 0.25) is 0 Å². The molecule has 0 aromatic carbocycles. The Morgan fingerprint density at radius 2 is 2.11 bits per heavy atom. The fourth-order valence-electron chi connectivity index (χ4n) is 2.24. The van der Waals surface area contributed by atoms with E-state index in [1.807, 2.05) is 0 Å². The van der Waals surface area contributed by atoms with Crippen LogP contribution in [0.4, 0.5) is 13.6 Å². The molecule has 0 aromatic rings. The molecule has 1 aliphatic heterocycles. The second kappa shape index (κ2) is 6.50. The van der Waals surface area contributed by atoms with Gasteiger partial charge in [0, 0.05) is 13.1 Å². The van der Waals surface area contributed by atoms with E-state index in [1.165, 1.54) is 0 Å². The van der Waals surface area contributed by atoms with E-state index in [4.69, 9.17) is 10.5 Å². The van der Waals surface area contributed by atoms with Crippen molar-refractivity contribution in [2.75, 3.05) is 13.1 Å². The van der Waals surface area contributed by atoms with E-state index in [0.717, 1.165) is 12.8 Å². The summed E-state index contributed by atoms with van der Waals surface area (Å²) in [6, 6.07) is -1.11. The molecule has 0 aliphatic carbocycles. The first-order valence-electron chi connectivity index (χ1n) is 6.70. The van der Waals surface area contributed by atoms with Gasteiger partial charge in [-0.15, -0.1) is 0 Å². The Hall–Kier alpha value is -0.910. The summed E-state index contributed by atoms with van der Waals surface area (Å²) in [7, 11) is 0. The lowest BCUT2D eigenvalue weighted by Crippen LogP contribution is -2.44. The topological polar surface area (TPSA) is 55.6 Å². The smallest absolute Gasteiger partial charge is 0.410 e. The first kappa shape index (κ1) is 16.1. The minimum atomic E-state index is -2.50. The monoisotopic (exact) mass is 278 g/mol. The van der Waals surface area contributed by atoms with Crippen molar-refractivity contribution in [2.45, 2.75) is 58.1 Å². The average molecular weight is 278 g/mol. The van der Waals surface area contributed by atoms with Crippen LogP contribution in [0, 0.1) is 5.92 Å². The summed E-state index contributed by atoms with van der Waals surface area (Å²) in [6.07, 6.45) is -0.990. The normalized spacial score (nSPS) is 22.5. The molecule has 4 nitrogen and oxygen atoms in total. The molecule has 0 radical (unpaired) electrons. The molecule has 1 fully saturated rings. The minimum absolute atomic E-state index is 0.0327. The number of likely N-dealkylation sites (tertiary alicyclic amines) is 1. The zero-order chi connectivity index (χ0) is 14.6. The maximum Gasteiger partial charge on any atom is 0.410 e. The molecule has 2 N–H and O–H groups in total. The van der Waals surface area contributed by atoms with E-state index < -0.39 is 18.1 Å². The molecule has 112 valence electrons. The standard InChI is InChI=1S/C13H24F2N2O2/c1-13(2,3)19-12(18)17-6-4-5-9(8-17)7-10(16)11(14)15/h9-11H,4-8,16H2,1-3H3. The lowest BCUT2D eigenvalue weighted by atomic mass is 9.92. The number of alkyl halides is 2. The molecule has 0 aromatic heterocycles. The number of ether oxygens (including phenoxy) is 1. The van der Waals surface area contributed by atoms with Gasteiger partial charge in [-0.25, -0.2) is 13.6 Å². The number of carbonyl (C=O) groups excluding carboxylic acids is 1. The van der Waals surface area contributed by atoms with Crippen molar-refractivity contribution in [1.82, 2.24) is 4.90 Å². The van der Waals surface area contributed by atoms with Crippen LogP contribution in [0.1, 0.15) is 40.0 Å². The molecule has 1 saturated heterocycles. The molecule has 0 spiro atoms. The number of nitrogens with zero attached hydrogens (tertiary/aromatic N) is 1. The summed E-state index contributed by atoms with van der Waals surface area (Å²) in [5.74, 6) is 0.0327. The van der Waals surface area contributed by atoms with E-state index in [-0.39, 0.29) is 18.4 Å². The van der Waals surface area contributed by atoms with Gasteiger partial charge < -0.3 is 15.4 Å². The van der Waals surface area contributed by atoms with Crippen LogP contribution in [-0.4, -0.2) is 42.2 Å². The van der Waals surface area contributed by atoms with Gasteiger partial charge in [-0.05, 0) is 46.0 Å². The summed E-state index contributed by atoms with van der Waals surface area (Å²) in [5, 5.41) is 0. The van der Waals surface area contributed by atoms with E-state index in [2.05, 4.69) is 0 Å². The number of rotatable bonds is 3. The Labute approximate surface area is 113 Å². The van der Waals surface area contributed by atoms with Gasteiger partial charge >= 0.3 is 6.09 Å². The lowest BCUT2D eigenvalue weighted by Gasteiger charge is -2.34. The second-order valence-electron chi connectivity index (χ2n) is 6.17. The van der Waals surface area contributed by atoms with E-state index >= 15 is 0 Å². The third-order valence-corrected chi connectivity index (χ3v) is 3.10. The molecule has 1 rings (SSSR count). The van der Waals surface area contributed by atoms with Gasteiger partial charge in [0.1, 0.15) is 5.60 Å². The van der Waals surface area contributed by atoms with Crippen molar-refractivity contribution < 1.29 is 18.3 Å². The highest BCUT2D eigenvalue weighted by molar-refractivity contribution is 5.68. The van der Waals surface area contributed by atoms with Gasteiger partial charge in [-0.1, -0.05) is 0 Å². The fraction of sp³-hybridized carbons (Fsp3) is 0.923. The number of hydrogen-bond donors (Lipinski definition) is 1. The maximum atomic E-state index is 12.4. The Bertz CT molecular complexity index is 306. The van der Waals surface area contributed by atoms with Crippen LogP contribution in [0.3, 0.4) is 0 Å². The predicted octanol–water partition coefficient (Wildman–Crippen LogP) is 2.62. The van der Waals surface area contributed by atoms with Crippen LogP contribution >= 0.6 is 0 Å². The molecular formula is C13H24F2N2O2. The Kier molecular flexibility index (Phi) is 5.52. The molecule has 1 aliphatic rings. The lowest BCUT2D eigenvalue weighted by molar-refractivity contribution is 0.0142. The fourth-order valence-corrected chi connectivity index (χ4v) is 2.24. The van der Waals surface area contributed by atoms with Crippen molar-refractivity contribution in [1.29, 1.82) is 0 Å². The third-order valence-electron chi connectivity index (χ3n) is 3.10. The van der Waals surface area contributed by atoms with Crippen LogP contribution in [0.25, 0.3) is 0 Å². The molecular weight excluding hydrogens is 254 g/mol. The predicted molar refractivity (Wildman–Crippen MR) is 69.1 cm³/mol. The van der Waals surface area contributed by atoms with E-state index in [0.29, 0.717) is 13.1 Å². The zero-order valence-corrected chi connectivity index (χ0v) is 11.9. The number of halogens is 2. The van der Waals surface area contributed by atoms with Gasteiger partial charge in [-0.2, -0.15) is 0 Å². The Morgan fingerprint density at radius 3 is 2.63 bits per heavy atom. The van der Waals surface area contributed by atoms with Crippen molar-refractivity contribution in [3.05, 3.63) is 0 Å². The third kappa shape index (κ3) is 5.72. The highest BCUT2D eigenvalue weighted by Gasteiger charge is 2.29. The quantitative estimate of drug-likeness (QED) is 0.863. The molecule has 2 atom stereocenters. The number of piperidine rings is 1. The Balaban J connectivity index is 2.48. The van der Waals surface area contributed by atoms with Crippen molar-refractivity contribution in [2.24, 2.45) is 11.7 Å². The van der Waals surface area contributed by atoms with Gasteiger partial charge in [-0.3, -0.25) is 0 Å². The molecule has 1 amide bonds. The summed E-state index contributed by atoms with van der Waals surface area (Å²) in [6.45, 7) is 6.49. The summed E-state index contributed by atoms with van der Waals surface area (Å²) in [4.78, 5) is 13.5. The number of carbonyl (C=O) groups is 1. The number of amides is 1. The van der Waals surface area contributed by atoms with E-state index in [9.17, 15) is 13.6 Å². The number of nitrogens with two attached hydrogens (primary N) is 1. The summed E-state index contributed by atoms with van der Waals surface area (Å²) < 4.78 is 30.1. The zero-order valence-electron chi connectivity index (χ0n) is 11.9. The largest absolute Gasteiger partial charge is 0.444 e. The van der Waals surface area contributed by atoms with Crippen molar-refractivity contribution in [3.63, 3.8) is 0 Å². The molecule has 0 bridgehead atoms.